The van der Waals surface area contributed by atoms with Gasteiger partial charge in [0, 0.05) is 13.5 Å². The van der Waals surface area contributed by atoms with Crippen molar-refractivity contribution in [1.29, 1.82) is 0 Å². The van der Waals surface area contributed by atoms with Crippen LogP contribution in [-0.2, 0) is 11.2 Å². The zero-order chi connectivity index (χ0) is 14.5. The van der Waals surface area contributed by atoms with Gasteiger partial charge in [0.25, 0.3) is 0 Å². The summed E-state index contributed by atoms with van der Waals surface area (Å²) in [6.07, 6.45) is 0.867. The van der Waals surface area contributed by atoms with Crippen LogP contribution in [0.1, 0.15) is 32.6 Å². The van der Waals surface area contributed by atoms with Crippen LogP contribution in [0, 0.1) is 0 Å². The quantitative estimate of drug-likeness (QED) is 0.656. The minimum Gasteiger partial charge on any atom is -0.464 e. The summed E-state index contributed by atoms with van der Waals surface area (Å²) in [5.74, 6) is -0.772. The predicted molar refractivity (Wildman–Crippen MR) is 80.0 cm³/mol. The molecule has 106 valence electrons. The topological polar surface area (TPSA) is 68.3 Å². The lowest BCUT2D eigenvalue weighted by molar-refractivity contribution is 0.0591. The molecule has 2 aromatic heterocycles. The molecule has 2 rings (SSSR count). The Morgan fingerprint density at radius 3 is 2.85 bits per heavy atom. The van der Waals surface area contributed by atoms with Crippen LogP contribution in [0.25, 0.3) is 0 Å². The van der Waals surface area contributed by atoms with Gasteiger partial charge in [-0.05, 0) is 28.8 Å². The molecule has 2 heterocycles. The molecule has 0 amide bonds. The molecule has 0 atom stereocenters. The second kappa shape index (κ2) is 6.62. The van der Waals surface area contributed by atoms with Crippen molar-refractivity contribution in [1.82, 2.24) is 4.98 Å². The summed E-state index contributed by atoms with van der Waals surface area (Å²) in [7, 11) is 1.27. The van der Waals surface area contributed by atoms with E-state index in [9.17, 15) is 9.59 Å². The zero-order valence-corrected chi connectivity index (χ0v) is 12.8. The van der Waals surface area contributed by atoms with E-state index in [4.69, 9.17) is 0 Å². The van der Waals surface area contributed by atoms with Gasteiger partial charge >= 0.3 is 5.97 Å². The number of Topliss-reactive ketones (excluding diaryl/α,β-unsaturated/α-hetero) is 1. The lowest BCUT2D eigenvalue weighted by Crippen LogP contribution is -2.08. The molecular formula is C13H14N2O3S2. The van der Waals surface area contributed by atoms with Gasteiger partial charge in [0.15, 0.2) is 16.6 Å². The molecule has 0 aliphatic rings. The number of carbonyl (C=O) groups excluding carboxylic acids is 2. The Bertz CT molecular complexity index is 605. The van der Waals surface area contributed by atoms with Crippen LogP contribution < -0.4 is 5.32 Å². The smallest absolute Gasteiger partial charge is 0.358 e. The average molecular weight is 310 g/mol. The highest BCUT2D eigenvalue weighted by molar-refractivity contribution is 7.17. The van der Waals surface area contributed by atoms with Crippen molar-refractivity contribution >= 4 is 39.6 Å². The number of ketones is 1. The number of hydrogen-bond donors (Lipinski definition) is 1. The highest BCUT2D eigenvalue weighted by atomic mass is 32.1. The van der Waals surface area contributed by atoms with E-state index < -0.39 is 5.97 Å². The molecule has 0 saturated heterocycles. The molecule has 20 heavy (non-hydrogen) atoms. The number of aromatic nitrogens is 1. The van der Waals surface area contributed by atoms with Crippen molar-refractivity contribution in [3.8, 4) is 0 Å². The molecule has 7 heteroatoms. The summed E-state index contributed by atoms with van der Waals surface area (Å²) in [5.41, 5.74) is 1.34. The van der Waals surface area contributed by atoms with Gasteiger partial charge < -0.3 is 10.1 Å². The molecule has 0 unspecified atom stereocenters. The van der Waals surface area contributed by atoms with Crippen molar-refractivity contribution in [2.24, 2.45) is 0 Å². The van der Waals surface area contributed by atoms with Crippen molar-refractivity contribution in [3.05, 3.63) is 33.0 Å². The number of esters is 1. The maximum Gasteiger partial charge on any atom is 0.358 e. The van der Waals surface area contributed by atoms with Gasteiger partial charge in [0.05, 0.1) is 7.11 Å². The van der Waals surface area contributed by atoms with Gasteiger partial charge in [-0.2, -0.15) is 11.3 Å². The first kappa shape index (κ1) is 14.7. The fourth-order valence-corrected chi connectivity index (χ4v) is 3.20. The fraction of sp³-hybridized carbons (Fsp3) is 0.308. The highest BCUT2D eigenvalue weighted by Crippen LogP contribution is 2.24. The monoisotopic (exact) mass is 310 g/mol. The Morgan fingerprint density at radius 2 is 2.25 bits per heavy atom. The molecule has 0 bridgehead atoms. The van der Waals surface area contributed by atoms with E-state index in [-0.39, 0.29) is 11.5 Å². The van der Waals surface area contributed by atoms with Crippen LogP contribution in [0.15, 0.2) is 16.8 Å². The lowest BCUT2D eigenvalue weighted by Gasteiger charge is -2.00. The number of nitrogens with zero attached hydrogens (tertiary/aromatic N) is 1. The van der Waals surface area contributed by atoms with Gasteiger partial charge in [-0.15, -0.1) is 0 Å². The summed E-state index contributed by atoms with van der Waals surface area (Å²) in [6, 6.07) is 2.06. The van der Waals surface area contributed by atoms with E-state index in [1.807, 2.05) is 5.38 Å². The Kier molecular flexibility index (Phi) is 4.86. The number of thiophene rings is 1. The minimum atomic E-state index is -0.586. The minimum absolute atomic E-state index is 0.0861. The van der Waals surface area contributed by atoms with Gasteiger partial charge in [-0.3, -0.25) is 4.79 Å². The molecule has 2 aromatic rings. The molecule has 1 N–H and O–H groups in total. The van der Waals surface area contributed by atoms with Crippen molar-refractivity contribution in [2.75, 3.05) is 19.0 Å². The number of hydrogen-bond acceptors (Lipinski definition) is 7. The normalized spacial score (nSPS) is 10.3. The summed E-state index contributed by atoms with van der Waals surface area (Å²) in [4.78, 5) is 27.5. The summed E-state index contributed by atoms with van der Waals surface area (Å²) < 4.78 is 4.63. The van der Waals surface area contributed by atoms with Crippen LogP contribution >= 0.6 is 22.7 Å². The molecule has 5 nitrogen and oxygen atoms in total. The summed E-state index contributed by atoms with van der Waals surface area (Å²) in [5, 5.41) is 7.81. The molecule has 0 fully saturated rings. The standard InChI is InChI=1S/C13H14N2O3S2/c1-8(16)11-10(12(17)18-2)15-13(20-11)14-5-3-9-4-6-19-7-9/h4,6-7H,3,5H2,1-2H3,(H,14,15). The fourth-order valence-electron chi connectivity index (χ4n) is 1.62. The van der Waals surface area contributed by atoms with Gasteiger partial charge in [0.2, 0.25) is 0 Å². The number of rotatable bonds is 6. The third kappa shape index (κ3) is 3.43. The molecule has 0 saturated carbocycles. The summed E-state index contributed by atoms with van der Waals surface area (Å²) >= 11 is 2.84. The van der Waals surface area contributed by atoms with Gasteiger partial charge in [-0.25, -0.2) is 9.78 Å². The first-order chi connectivity index (χ1) is 9.61. The first-order valence-corrected chi connectivity index (χ1v) is 7.72. The molecule has 0 aromatic carbocycles. The third-order valence-electron chi connectivity index (χ3n) is 2.60. The SMILES string of the molecule is COC(=O)c1nc(NCCc2ccsc2)sc1C(C)=O. The van der Waals surface area contributed by atoms with E-state index in [1.165, 1.54) is 30.9 Å². The molecule has 0 aliphatic carbocycles. The van der Waals surface area contributed by atoms with E-state index in [2.05, 4.69) is 26.5 Å². The van der Waals surface area contributed by atoms with Crippen molar-refractivity contribution in [3.63, 3.8) is 0 Å². The van der Waals surface area contributed by atoms with Gasteiger partial charge in [-0.1, -0.05) is 11.3 Å². The van der Waals surface area contributed by atoms with Gasteiger partial charge in [0.1, 0.15) is 4.88 Å². The second-order valence-electron chi connectivity index (χ2n) is 4.05. The molecule has 0 aliphatic heterocycles. The lowest BCUT2D eigenvalue weighted by atomic mass is 10.2. The van der Waals surface area contributed by atoms with Crippen LogP contribution in [0.3, 0.4) is 0 Å². The maximum atomic E-state index is 11.6. The third-order valence-corrected chi connectivity index (χ3v) is 4.44. The number of methoxy groups -OCH3 is 1. The molecule has 0 radical (unpaired) electrons. The number of anilines is 1. The van der Waals surface area contributed by atoms with Crippen molar-refractivity contribution < 1.29 is 14.3 Å². The number of ether oxygens (including phenoxy) is 1. The van der Waals surface area contributed by atoms with Crippen LogP contribution in [0.2, 0.25) is 0 Å². The Balaban J connectivity index is 2.04. The highest BCUT2D eigenvalue weighted by Gasteiger charge is 2.21. The van der Waals surface area contributed by atoms with Crippen LogP contribution in [0.5, 0.6) is 0 Å². The van der Waals surface area contributed by atoms with E-state index in [1.54, 1.807) is 11.3 Å². The Morgan fingerprint density at radius 1 is 1.45 bits per heavy atom. The van der Waals surface area contributed by atoms with E-state index in [0.29, 0.717) is 16.6 Å². The molecular weight excluding hydrogens is 296 g/mol. The first-order valence-electron chi connectivity index (χ1n) is 5.97. The molecule has 0 spiro atoms. The predicted octanol–water partition coefficient (Wildman–Crippen LogP) is 2.85. The number of nitrogens with one attached hydrogen (secondary N) is 1. The van der Waals surface area contributed by atoms with E-state index >= 15 is 0 Å². The van der Waals surface area contributed by atoms with Crippen LogP contribution in [0.4, 0.5) is 5.13 Å². The largest absolute Gasteiger partial charge is 0.464 e. The second-order valence-corrected chi connectivity index (χ2v) is 5.83. The van der Waals surface area contributed by atoms with E-state index in [0.717, 1.165) is 6.42 Å². The van der Waals surface area contributed by atoms with Crippen LogP contribution in [-0.4, -0.2) is 30.4 Å². The number of carbonyl (C=O) groups is 2. The zero-order valence-electron chi connectivity index (χ0n) is 11.1. The number of thiazole rings is 1. The Labute approximate surface area is 124 Å². The summed E-state index contributed by atoms with van der Waals surface area (Å²) in [6.45, 7) is 2.11. The average Bonchev–Trinajstić information content (AvgIpc) is 3.07. The maximum absolute atomic E-state index is 11.6. The van der Waals surface area contributed by atoms with Crippen molar-refractivity contribution in [2.45, 2.75) is 13.3 Å². The Hall–Kier alpha value is -1.73.